The molecule has 0 aromatic rings. The van der Waals surface area contributed by atoms with Crippen LogP contribution in [0, 0.1) is 0 Å². The highest BCUT2D eigenvalue weighted by Gasteiger charge is 2.26. The van der Waals surface area contributed by atoms with Crippen molar-refractivity contribution in [2.75, 3.05) is 26.4 Å². The molecule has 0 rings (SSSR count). The molecular formula is C75H142NO8P. The van der Waals surface area contributed by atoms with Crippen LogP contribution in [0.15, 0.2) is 48.6 Å². The number of ether oxygens (including phenoxy) is 2. The third-order valence-corrected chi connectivity index (χ3v) is 17.7. The number of hydrogen-bond acceptors (Lipinski definition) is 8. The van der Waals surface area contributed by atoms with Crippen LogP contribution in [0.1, 0.15) is 386 Å². The molecule has 85 heavy (non-hydrogen) atoms. The van der Waals surface area contributed by atoms with Crippen LogP contribution in [0.4, 0.5) is 0 Å². The lowest BCUT2D eigenvalue weighted by molar-refractivity contribution is -0.161. The Balaban J connectivity index is 3.79. The summed E-state index contributed by atoms with van der Waals surface area (Å²) in [5.41, 5.74) is 5.41. The van der Waals surface area contributed by atoms with Gasteiger partial charge in [0.25, 0.3) is 0 Å². The first-order valence-corrected chi connectivity index (χ1v) is 38.6. The molecule has 0 aliphatic rings. The number of phosphoric ester groups is 1. The first-order chi connectivity index (χ1) is 41.8. The normalized spacial score (nSPS) is 13.1. The van der Waals surface area contributed by atoms with Crippen LogP contribution < -0.4 is 5.73 Å². The van der Waals surface area contributed by atoms with E-state index in [0.29, 0.717) is 6.42 Å². The maximum absolute atomic E-state index is 12.8. The van der Waals surface area contributed by atoms with E-state index in [2.05, 4.69) is 62.5 Å². The summed E-state index contributed by atoms with van der Waals surface area (Å²) >= 11 is 0. The Bertz CT molecular complexity index is 1530. The van der Waals surface area contributed by atoms with Crippen molar-refractivity contribution < 1.29 is 37.6 Å². The zero-order chi connectivity index (χ0) is 61.6. The molecule has 9 nitrogen and oxygen atoms in total. The second-order valence-corrected chi connectivity index (χ2v) is 26.6. The first kappa shape index (κ1) is 83.0. The van der Waals surface area contributed by atoms with Crippen LogP contribution in [-0.2, 0) is 32.7 Å². The van der Waals surface area contributed by atoms with Gasteiger partial charge in [0.05, 0.1) is 13.2 Å². The minimum Gasteiger partial charge on any atom is -0.462 e. The second-order valence-electron chi connectivity index (χ2n) is 25.2. The van der Waals surface area contributed by atoms with Crippen molar-refractivity contribution in [2.24, 2.45) is 5.73 Å². The number of nitrogens with two attached hydrogens (primary N) is 1. The van der Waals surface area contributed by atoms with Gasteiger partial charge in [0.15, 0.2) is 6.10 Å². The van der Waals surface area contributed by atoms with E-state index in [1.807, 2.05) is 0 Å². The highest BCUT2D eigenvalue weighted by molar-refractivity contribution is 7.47. The summed E-state index contributed by atoms with van der Waals surface area (Å²) in [4.78, 5) is 35.4. The second kappa shape index (κ2) is 71.1. The van der Waals surface area contributed by atoms with Crippen molar-refractivity contribution in [3.63, 3.8) is 0 Å². The van der Waals surface area contributed by atoms with E-state index in [-0.39, 0.29) is 38.6 Å². The van der Waals surface area contributed by atoms with Gasteiger partial charge in [0, 0.05) is 19.4 Å². The lowest BCUT2D eigenvalue weighted by Crippen LogP contribution is -2.29. The molecule has 0 saturated heterocycles. The quantitative estimate of drug-likeness (QED) is 0.0264. The lowest BCUT2D eigenvalue weighted by atomic mass is 10.0. The van der Waals surface area contributed by atoms with Gasteiger partial charge in [-0.25, -0.2) is 4.57 Å². The van der Waals surface area contributed by atoms with Crippen LogP contribution >= 0.6 is 7.82 Å². The van der Waals surface area contributed by atoms with E-state index >= 15 is 0 Å². The number of carbonyl (C=O) groups is 2. The number of allylic oxidation sites excluding steroid dienone is 8. The van der Waals surface area contributed by atoms with Gasteiger partial charge in [-0.1, -0.05) is 345 Å². The zero-order valence-corrected chi connectivity index (χ0v) is 57.3. The minimum atomic E-state index is -4.39. The van der Waals surface area contributed by atoms with E-state index in [1.54, 1.807) is 0 Å². The number of unbranched alkanes of at least 4 members (excludes halogenated alkanes) is 50. The number of phosphoric acid groups is 1. The smallest absolute Gasteiger partial charge is 0.462 e. The summed E-state index contributed by atoms with van der Waals surface area (Å²) in [7, 11) is -4.39. The molecule has 0 aliphatic carbocycles. The van der Waals surface area contributed by atoms with Gasteiger partial charge in [-0.05, 0) is 77.0 Å². The van der Waals surface area contributed by atoms with Crippen LogP contribution in [0.3, 0.4) is 0 Å². The van der Waals surface area contributed by atoms with Gasteiger partial charge in [-0.2, -0.15) is 0 Å². The molecule has 0 fully saturated rings. The molecule has 2 atom stereocenters. The van der Waals surface area contributed by atoms with Crippen molar-refractivity contribution in [1.29, 1.82) is 0 Å². The molecule has 10 heteroatoms. The summed E-state index contributed by atoms with van der Waals surface area (Å²) in [6.07, 6.45) is 90.9. The first-order valence-electron chi connectivity index (χ1n) is 37.1. The largest absolute Gasteiger partial charge is 0.472 e. The van der Waals surface area contributed by atoms with Crippen molar-refractivity contribution in [2.45, 2.75) is 392 Å². The Labute approximate surface area is 527 Å². The standard InChI is InChI=1S/C75H142NO8P/c1-3-5-7-9-11-13-15-17-19-21-23-25-27-29-31-32-33-34-35-36-37-38-39-40-42-43-45-47-49-51-53-55-57-59-61-63-65-67-74(77)81-71-73(72-83-85(79,80)82-70-69-76)84-75(78)68-66-64-62-60-58-56-54-52-50-48-46-44-41-30-28-26-24-22-20-18-16-14-12-10-8-6-4-2/h16,18,21-24,28,30,73H,3-15,17,19-20,25-27,29,31-72,76H2,1-2H3,(H,79,80)/b18-16-,23-21-,24-22-,30-28-. The summed E-state index contributed by atoms with van der Waals surface area (Å²) in [6.45, 7) is 3.80. The average Bonchev–Trinajstić information content (AvgIpc) is 3.53. The summed E-state index contributed by atoms with van der Waals surface area (Å²) < 4.78 is 33.2. The Morgan fingerprint density at radius 2 is 0.612 bits per heavy atom. The van der Waals surface area contributed by atoms with Crippen LogP contribution in [0.2, 0.25) is 0 Å². The molecule has 0 aliphatic heterocycles. The minimum absolute atomic E-state index is 0.0542. The zero-order valence-electron chi connectivity index (χ0n) is 56.4. The van der Waals surface area contributed by atoms with Crippen LogP contribution in [-0.4, -0.2) is 49.3 Å². The van der Waals surface area contributed by atoms with Gasteiger partial charge in [-0.3, -0.25) is 18.6 Å². The molecule has 3 N–H and O–H groups in total. The monoisotopic (exact) mass is 1220 g/mol. The topological polar surface area (TPSA) is 134 Å². The van der Waals surface area contributed by atoms with Crippen LogP contribution in [0.5, 0.6) is 0 Å². The molecule has 0 saturated carbocycles. The Kier molecular flexibility index (Phi) is 69.4. The molecule has 0 heterocycles. The van der Waals surface area contributed by atoms with E-state index in [4.69, 9.17) is 24.3 Å². The van der Waals surface area contributed by atoms with Crippen molar-refractivity contribution in [3.8, 4) is 0 Å². The third kappa shape index (κ3) is 70.9. The molecule has 0 aromatic heterocycles. The maximum Gasteiger partial charge on any atom is 0.472 e. The Morgan fingerprint density at radius 3 is 0.918 bits per heavy atom. The predicted molar refractivity (Wildman–Crippen MR) is 367 cm³/mol. The molecule has 0 amide bonds. The SMILES string of the molecule is CCCCCCC/C=C\C/C=C\C/C=C\CCCCCCCCCCCCCCC(=O)OC(COC(=O)CCCCCCCCCCCCCCCCCCCCCCCCCCC/C=C\CCCCCCCCCC)COP(=O)(O)OCCN. The fraction of sp³-hybridized carbons (Fsp3) is 0.867. The summed E-state index contributed by atoms with van der Waals surface area (Å²) in [6, 6.07) is 0. The van der Waals surface area contributed by atoms with Gasteiger partial charge >= 0.3 is 19.8 Å². The van der Waals surface area contributed by atoms with Crippen molar-refractivity contribution >= 4 is 19.8 Å². The van der Waals surface area contributed by atoms with Gasteiger partial charge in [0.2, 0.25) is 0 Å². The predicted octanol–water partition coefficient (Wildman–Crippen LogP) is 24.4. The third-order valence-electron chi connectivity index (χ3n) is 16.7. The van der Waals surface area contributed by atoms with E-state index in [0.717, 1.165) is 51.4 Å². The highest BCUT2D eigenvalue weighted by atomic mass is 31.2. The highest BCUT2D eigenvalue weighted by Crippen LogP contribution is 2.43. The van der Waals surface area contributed by atoms with E-state index in [1.165, 1.54) is 302 Å². The molecule has 500 valence electrons. The van der Waals surface area contributed by atoms with E-state index < -0.39 is 26.5 Å². The molecular weight excluding hydrogens is 1070 g/mol. The van der Waals surface area contributed by atoms with Crippen molar-refractivity contribution in [3.05, 3.63) is 48.6 Å². The lowest BCUT2D eigenvalue weighted by Gasteiger charge is -2.19. The fourth-order valence-electron chi connectivity index (χ4n) is 11.2. The molecule has 0 bridgehead atoms. The van der Waals surface area contributed by atoms with Crippen molar-refractivity contribution in [1.82, 2.24) is 0 Å². The molecule has 2 unspecified atom stereocenters. The van der Waals surface area contributed by atoms with E-state index in [9.17, 15) is 19.0 Å². The molecule has 0 aromatic carbocycles. The fourth-order valence-corrected chi connectivity index (χ4v) is 11.9. The number of hydrogen-bond donors (Lipinski definition) is 2. The maximum atomic E-state index is 12.8. The molecule has 0 spiro atoms. The number of esters is 2. The average molecular weight is 1220 g/mol. The van der Waals surface area contributed by atoms with Gasteiger partial charge in [0.1, 0.15) is 6.61 Å². The number of rotatable bonds is 71. The molecule has 0 radical (unpaired) electrons. The van der Waals surface area contributed by atoms with Gasteiger partial charge < -0.3 is 20.1 Å². The number of carbonyl (C=O) groups excluding carboxylic acids is 2. The van der Waals surface area contributed by atoms with Crippen LogP contribution in [0.25, 0.3) is 0 Å². The Hall–Kier alpha value is -2.03. The summed E-state index contributed by atoms with van der Waals surface area (Å²) in [5, 5.41) is 0. The Morgan fingerprint density at radius 1 is 0.353 bits per heavy atom. The van der Waals surface area contributed by atoms with Gasteiger partial charge in [-0.15, -0.1) is 0 Å². The summed E-state index contributed by atoms with van der Waals surface area (Å²) in [5.74, 6) is -0.811.